The number of nitrogens with zero attached hydrogens (tertiary/aromatic N) is 3. The average molecular weight is 422 g/mol. The van der Waals surface area contributed by atoms with Gasteiger partial charge in [0.05, 0.1) is 33.6 Å². The van der Waals surface area contributed by atoms with Gasteiger partial charge in [0.1, 0.15) is 0 Å². The van der Waals surface area contributed by atoms with Gasteiger partial charge in [0.15, 0.2) is 5.65 Å². The minimum Gasteiger partial charge on any atom is -0.325 e. The summed E-state index contributed by atoms with van der Waals surface area (Å²) in [4.78, 5) is 29.9. The molecular formula is C24H31N5O2. The van der Waals surface area contributed by atoms with Gasteiger partial charge in [-0.1, -0.05) is 19.9 Å². The van der Waals surface area contributed by atoms with Crippen molar-refractivity contribution >= 4 is 34.2 Å². The summed E-state index contributed by atoms with van der Waals surface area (Å²) >= 11 is 0. The van der Waals surface area contributed by atoms with Crippen molar-refractivity contribution in [1.29, 1.82) is 0 Å². The van der Waals surface area contributed by atoms with Gasteiger partial charge in [-0.25, -0.2) is 9.67 Å². The number of benzene rings is 1. The van der Waals surface area contributed by atoms with Crippen molar-refractivity contribution in [3.63, 3.8) is 0 Å². The molecule has 3 rings (SSSR count). The zero-order chi connectivity index (χ0) is 23.1. The van der Waals surface area contributed by atoms with Crippen LogP contribution in [-0.2, 0) is 10.3 Å². The molecule has 164 valence electrons. The van der Waals surface area contributed by atoms with Crippen LogP contribution in [0.5, 0.6) is 0 Å². The van der Waals surface area contributed by atoms with E-state index in [0.717, 1.165) is 22.3 Å². The molecule has 0 saturated carbocycles. The maximum atomic E-state index is 13.5. The minimum atomic E-state index is -0.280. The van der Waals surface area contributed by atoms with Crippen LogP contribution in [0, 0.1) is 13.8 Å². The Bertz CT molecular complexity index is 1170. The molecule has 0 aliphatic rings. The third kappa shape index (κ3) is 4.60. The molecule has 7 nitrogen and oxygen atoms in total. The Morgan fingerprint density at radius 1 is 1.03 bits per heavy atom. The van der Waals surface area contributed by atoms with Crippen molar-refractivity contribution in [2.75, 3.05) is 10.6 Å². The van der Waals surface area contributed by atoms with Crippen LogP contribution in [0.25, 0.3) is 11.0 Å². The molecule has 2 amide bonds. The highest BCUT2D eigenvalue weighted by Crippen LogP contribution is 2.30. The molecule has 0 aliphatic carbocycles. The number of carbonyl (C=O) groups is 2. The van der Waals surface area contributed by atoms with Gasteiger partial charge in [-0.05, 0) is 64.3 Å². The molecule has 0 spiro atoms. The largest absolute Gasteiger partial charge is 0.325 e. The number of hydrogen-bond donors (Lipinski definition) is 2. The van der Waals surface area contributed by atoms with E-state index in [1.54, 1.807) is 6.07 Å². The van der Waals surface area contributed by atoms with Crippen molar-refractivity contribution in [1.82, 2.24) is 14.8 Å². The van der Waals surface area contributed by atoms with Gasteiger partial charge in [0.2, 0.25) is 5.91 Å². The first-order chi connectivity index (χ1) is 14.4. The predicted octanol–water partition coefficient (Wildman–Crippen LogP) is 5.14. The molecule has 0 aliphatic heterocycles. The summed E-state index contributed by atoms with van der Waals surface area (Å²) < 4.78 is 1.88. The van der Waals surface area contributed by atoms with Crippen LogP contribution < -0.4 is 10.6 Å². The third-order valence-electron chi connectivity index (χ3n) is 5.04. The van der Waals surface area contributed by atoms with Crippen LogP contribution in [0.15, 0.2) is 24.3 Å². The van der Waals surface area contributed by atoms with E-state index in [9.17, 15) is 9.59 Å². The maximum absolute atomic E-state index is 13.5. The molecule has 7 heteroatoms. The molecule has 2 heterocycles. The predicted molar refractivity (Wildman–Crippen MR) is 125 cm³/mol. The second kappa shape index (κ2) is 8.13. The lowest BCUT2D eigenvalue weighted by Crippen LogP contribution is -2.24. The fourth-order valence-electron chi connectivity index (χ4n) is 3.50. The van der Waals surface area contributed by atoms with Gasteiger partial charge in [0, 0.05) is 12.6 Å². The number of amides is 2. The Hall–Kier alpha value is -3.22. The number of rotatable bonds is 4. The van der Waals surface area contributed by atoms with Crippen LogP contribution >= 0.6 is 0 Å². The number of aromatic nitrogens is 3. The number of aryl methyl sites for hydroxylation is 2. The number of anilines is 2. The fourth-order valence-corrected chi connectivity index (χ4v) is 3.50. The van der Waals surface area contributed by atoms with Crippen molar-refractivity contribution in [2.45, 2.75) is 66.8 Å². The van der Waals surface area contributed by atoms with Crippen LogP contribution in [-0.4, -0.2) is 26.6 Å². The van der Waals surface area contributed by atoms with E-state index in [4.69, 9.17) is 10.1 Å². The van der Waals surface area contributed by atoms with Crippen LogP contribution in [0.3, 0.4) is 0 Å². The minimum absolute atomic E-state index is 0.147. The molecule has 0 radical (unpaired) electrons. The second-order valence-corrected chi connectivity index (χ2v) is 9.30. The van der Waals surface area contributed by atoms with Gasteiger partial charge in [0.25, 0.3) is 5.91 Å². The van der Waals surface area contributed by atoms with Crippen molar-refractivity contribution in [3.8, 4) is 0 Å². The molecule has 31 heavy (non-hydrogen) atoms. The molecule has 3 aromatic rings. The first-order valence-corrected chi connectivity index (χ1v) is 10.5. The highest BCUT2D eigenvalue weighted by molar-refractivity contribution is 6.14. The second-order valence-electron chi connectivity index (χ2n) is 9.30. The Morgan fingerprint density at radius 2 is 1.71 bits per heavy atom. The van der Waals surface area contributed by atoms with Gasteiger partial charge in [-0.15, -0.1) is 0 Å². The molecule has 0 saturated heterocycles. The molecule has 1 aromatic carbocycles. The van der Waals surface area contributed by atoms with E-state index in [0.29, 0.717) is 22.6 Å². The smallest absolute Gasteiger partial charge is 0.256 e. The first kappa shape index (κ1) is 22.5. The number of pyridine rings is 1. The molecule has 0 atom stereocenters. The fraction of sp³-hybridized carbons (Fsp3) is 0.417. The zero-order valence-electron chi connectivity index (χ0n) is 19.5. The van der Waals surface area contributed by atoms with E-state index in [2.05, 4.69) is 45.3 Å². The van der Waals surface area contributed by atoms with Crippen molar-refractivity contribution in [3.05, 3.63) is 46.8 Å². The van der Waals surface area contributed by atoms with Crippen LogP contribution in [0.1, 0.15) is 74.8 Å². The van der Waals surface area contributed by atoms with E-state index >= 15 is 0 Å². The Balaban J connectivity index is 2.17. The number of nitrogens with one attached hydrogen (secondary N) is 2. The molecule has 0 fully saturated rings. The summed E-state index contributed by atoms with van der Waals surface area (Å²) in [7, 11) is 0. The quantitative estimate of drug-likeness (QED) is 0.611. The highest BCUT2D eigenvalue weighted by Gasteiger charge is 2.25. The van der Waals surface area contributed by atoms with E-state index in [-0.39, 0.29) is 23.3 Å². The average Bonchev–Trinajstić information content (AvgIpc) is 3.00. The topological polar surface area (TPSA) is 88.9 Å². The van der Waals surface area contributed by atoms with Gasteiger partial charge < -0.3 is 10.6 Å². The molecule has 2 aromatic heterocycles. The molecule has 2 N–H and O–H groups in total. The van der Waals surface area contributed by atoms with Gasteiger partial charge in [-0.3, -0.25) is 9.59 Å². The Labute approximate surface area is 183 Å². The van der Waals surface area contributed by atoms with Gasteiger partial charge in [-0.2, -0.15) is 5.10 Å². The number of carbonyl (C=O) groups excluding carboxylic acids is 2. The van der Waals surface area contributed by atoms with Crippen LogP contribution in [0.4, 0.5) is 11.4 Å². The van der Waals surface area contributed by atoms with Crippen LogP contribution in [0.2, 0.25) is 0 Å². The van der Waals surface area contributed by atoms with Gasteiger partial charge >= 0.3 is 0 Å². The SMILES string of the molecule is CC(=O)Nc1ccc(C)cc1NC(=O)c1cc(C(C)C)nc2c1c(C)nn2C(C)(C)C. The summed E-state index contributed by atoms with van der Waals surface area (Å²) in [6.07, 6.45) is 0. The summed E-state index contributed by atoms with van der Waals surface area (Å²) in [6.45, 7) is 15.6. The monoisotopic (exact) mass is 421 g/mol. The number of fused-ring (bicyclic) bond motifs is 1. The standard InChI is InChI=1S/C24H31N5O2/c1-13(2)19-12-17(21-15(4)28-29(22(21)26-19)24(6,7)8)23(31)27-20-11-14(3)9-10-18(20)25-16(5)30/h9-13H,1-8H3,(H,25,30)(H,27,31). The lowest BCUT2D eigenvalue weighted by Gasteiger charge is -2.20. The van der Waals surface area contributed by atoms with E-state index < -0.39 is 0 Å². The first-order valence-electron chi connectivity index (χ1n) is 10.5. The summed E-state index contributed by atoms with van der Waals surface area (Å²) in [6, 6.07) is 7.37. The van der Waals surface area contributed by atoms with E-state index in [1.807, 2.05) is 36.7 Å². The highest BCUT2D eigenvalue weighted by atomic mass is 16.2. The Morgan fingerprint density at radius 3 is 2.29 bits per heavy atom. The maximum Gasteiger partial charge on any atom is 0.256 e. The van der Waals surface area contributed by atoms with Crippen molar-refractivity contribution in [2.24, 2.45) is 0 Å². The molecular weight excluding hydrogens is 390 g/mol. The molecule has 0 unspecified atom stereocenters. The summed E-state index contributed by atoms with van der Waals surface area (Å²) in [5, 5.41) is 11.2. The summed E-state index contributed by atoms with van der Waals surface area (Å²) in [5.74, 6) is -0.313. The van der Waals surface area contributed by atoms with Crippen molar-refractivity contribution < 1.29 is 9.59 Å². The third-order valence-corrected chi connectivity index (χ3v) is 5.04. The van der Waals surface area contributed by atoms with E-state index in [1.165, 1.54) is 6.92 Å². The summed E-state index contributed by atoms with van der Waals surface area (Å²) in [5.41, 5.74) is 4.62. The lowest BCUT2D eigenvalue weighted by atomic mass is 10.0. The Kier molecular flexibility index (Phi) is 5.89. The zero-order valence-corrected chi connectivity index (χ0v) is 19.5. The lowest BCUT2D eigenvalue weighted by molar-refractivity contribution is -0.114. The normalized spacial score (nSPS) is 11.8. The number of hydrogen-bond acceptors (Lipinski definition) is 4. The molecule has 0 bridgehead atoms.